The molecule has 22 heavy (non-hydrogen) atoms. The van der Waals surface area contributed by atoms with Crippen molar-refractivity contribution >= 4 is 30.5 Å². The van der Waals surface area contributed by atoms with E-state index in [1.165, 1.54) is 0 Å². The molecule has 1 fully saturated rings. The van der Waals surface area contributed by atoms with E-state index in [0.717, 1.165) is 6.92 Å². The summed E-state index contributed by atoms with van der Waals surface area (Å²) >= 11 is 4.36. The number of hydrogen-bond donors (Lipinski definition) is 2. The standard InChI is InChI=1S/C12H17F3N2O4S/c1-7(18)16-8(9(19)21-10(20)12(13,14)15)11(22)3-5-17(2)6-4-11/h8,22H,3-6H2,1-2H3,(H,16,18)/t8-/m0/s1. The van der Waals surface area contributed by atoms with Gasteiger partial charge < -0.3 is 15.0 Å². The zero-order chi connectivity index (χ0) is 17.1. The van der Waals surface area contributed by atoms with E-state index < -0.39 is 34.8 Å². The normalized spacial score (nSPS) is 20.1. The zero-order valence-corrected chi connectivity index (χ0v) is 13.0. The van der Waals surface area contributed by atoms with E-state index in [-0.39, 0.29) is 0 Å². The smallest absolute Gasteiger partial charge is 0.385 e. The number of carbonyl (C=O) groups is 3. The third-order valence-corrected chi connectivity index (χ3v) is 4.10. The number of esters is 2. The monoisotopic (exact) mass is 342 g/mol. The van der Waals surface area contributed by atoms with Gasteiger partial charge in [0.2, 0.25) is 5.91 Å². The average molecular weight is 342 g/mol. The number of nitrogens with zero attached hydrogens (tertiary/aromatic N) is 1. The van der Waals surface area contributed by atoms with Crippen LogP contribution in [0.15, 0.2) is 0 Å². The van der Waals surface area contributed by atoms with Crippen molar-refractivity contribution in [3.8, 4) is 0 Å². The van der Waals surface area contributed by atoms with Crippen LogP contribution in [0, 0.1) is 0 Å². The number of halogens is 3. The van der Waals surface area contributed by atoms with Crippen molar-refractivity contribution in [2.45, 2.75) is 36.7 Å². The summed E-state index contributed by atoms with van der Waals surface area (Å²) in [4.78, 5) is 35.9. The highest BCUT2D eigenvalue weighted by Crippen LogP contribution is 2.33. The van der Waals surface area contributed by atoms with Crippen LogP contribution in [0.1, 0.15) is 19.8 Å². The van der Waals surface area contributed by atoms with E-state index in [9.17, 15) is 27.6 Å². The van der Waals surface area contributed by atoms with E-state index >= 15 is 0 Å². The number of likely N-dealkylation sites (tertiary alicyclic amines) is 1. The van der Waals surface area contributed by atoms with Gasteiger partial charge in [-0.15, -0.1) is 0 Å². The number of amides is 1. The van der Waals surface area contributed by atoms with Gasteiger partial charge >= 0.3 is 18.1 Å². The lowest BCUT2D eigenvalue weighted by atomic mass is 9.88. The van der Waals surface area contributed by atoms with Crippen LogP contribution in [-0.4, -0.2) is 59.8 Å². The molecule has 0 spiro atoms. The predicted molar refractivity (Wildman–Crippen MR) is 73.2 cm³/mol. The topological polar surface area (TPSA) is 75.7 Å². The molecule has 6 nitrogen and oxygen atoms in total. The van der Waals surface area contributed by atoms with Crippen LogP contribution < -0.4 is 5.32 Å². The Morgan fingerprint density at radius 1 is 1.27 bits per heavy atom. The second-order valence-corrected chi connectivity index (χ2v) is 6.14. The SMILES string of the molecule is CC(=O)N[C@@H](C(=O)OC(=O)C(F)(F)F)C1(S)CCN(C)CC1. The summed E-state index contributed by atoms with van der Waals surface area (Å²) in [5, 5.41) is 2.23. The average Bonchev–Trinajstić information content (AvgIpc) is 2.38. The maximum absolute atomic E-state index is 12.2. The molecule has 1 aliphatic heterocycles. The van der Waals surface area contributed by atoms with Gasteiger partial charge in [0, 0.05) is 11.7 Å². The van der Waals surface area contributed by atoms with Crippen LogP contribution in [0.25, 0.3) is 0 Å². The Balaban J connectivity index is 2.90. The van der Waals surface area contributed by atoms with E-state index in [1.54, 1.807) is 0 Å². The summed E-state index contributed by atoms with van der Waals surface area (Å²) in [6.07, 6.45) is -4.60. The highest BCUT2D eigenvalue weighted by Gasteiger charge is 2.48. The lowest BCUT2D eigenvalue weighted by Crippen LogP contribution is -2.58. The van der Waals surface area contributed by atoms with Gasteiger partial charge in [-0.1, -0.05) is 0 Å². The Hall–Kier alpha value is -1.29. The van der Waals surface area contributed by atoms with Gasteiger partial charge in [0.15, 0.2) is 0 Å². The molecule has 0 aromatic heterocycles. The Morgan fingerprint density at radius 3 is 2.18 bits per heavy atom. The fraction of sp³-hybridized carbons (Fsp3) is 0.750. The molecule has 126 valence electrons. The lowest BCUT2D eigenvalue weighted by molar-refractivity contribution is -0.202. The molecule has 0 radical (unpaired) electrons. The van der Waals surface area contributed by atoms with Crippen LogP contribution in [0.5, 0.6) is 0 Å². The molecule has 0 aliphatic carbocycles. The maximum Gasteiger partial charge on any atom is 0.491 e. The minimum atomic E-state index is -5.28. The number of nitrogens with one attached hydrogen (secondary N) is 1. The van der Waals surface area contributed by atoms with Gasteiger partial charge in [0.05, 0.1) is 0 Å². The van der Waals surface area contributed by atoms with E-state index in [1.807, 2.05) is 11.9 Å². The summed E-state index contributed by atoms with van der Waals surface area (Å²) in [6.45, 7) is 2.19. The van der Waals surface area contributed by atoms with Crippen LogP contribution in [0.2, 0.25) is 0 Å². The molecule has 0 unspecified atom stereocenters. The maximum atomic E-state index is 12.2. The molecule has 1 aliphatic rings. The molecule has 0 saturated carbocycles. The molecular weight excluding hydrogens is 325 g/mol. The number of hydrogen-bond acceptors (Lipinski definition) is 6. The van der Waals surface area contributed by atoms with Crippen molar-refractivity contribution in [1.29, 1.82) is 0 Å². The summed E-state index contributed by atoms with van der Waals surface area (Å²) in [5.41, 5.74) is 0. The first kappa shape index (κ1) is 18.8. The molecular formula is C12H17F3N2O4S. The minimum absolute atomic E-state index is 0.340. The van der Waals surface area contributed by atoms with Crippen molar-refractivity contribution in [3.63, 3.8) is 0 Å². The quantitative estimate of drug-likeness (QED) is 0.444. The molecule has 1 N–H and O–H groups in total. The molecule has 1 amide bonds. The van der Waals surface area contributed by atoms with Gasteiger partial charge in [-0.05, 0) is 33.0 Å². The predicted octanol–water partition coefficient (Wildman–Crippen LogP) is 0.517. The number of carbonyl (C=O) groups excluding carboxylic acids is 3. The molecule has 0 bridgehead atoms. The fourth-order valence-electron chi connectivity index (χ4n) is 2.12. The summed E-state index contributed by atoms with van der Waals surface area (Å²) in [7, 11) is 1.84. The summed E-state index contributed by atoms with van der Waals surface area (Å²) in [5.74, 6) is -4.71. The van der Waals surface area contributed by atoms with Crippen LogP contribution >= 0.6 is 12.6 Å². The van der Waals surface area contributed by atoms with Crippen molar-refractivity contribution in [3.05, 3.63) is 0 Å². The Kier molecular flexibility index (Phi) is 5.85. The van der Waals surface area contributed by atoms with E-state index in [2.05, 4.69) is 22.7 Å². The van der Waals surface area contributed by atoms with E-state index in [4.69, 9.17) is 0 Å². The number of alkyl halides is 3. The first-order chi connectivity index (χ1) is 9.95. The Bertz CT molecular complexity index is 462. The highest BCUT2D eigenvalue weighted by molar-refractivity contribution is 7.82. The third-order valence-electron chi connectivity index (χ3n) is 3.40. The van der Waals surface area contributed by atoms with Gasteiger partial charge in [0.25, 0.3) is 0 Å². The van der Waals surface area contributed by atoms with Crippen LogP contribution in [-0.2, 0) is 19.1 Å². The largest absolute Gasteiger partial charge is 0.491 e. The first-order valence-corrected chi connectivity index (χ1v) is 6.91. The Labute approximate surface area is 130 Å². The van der Waals surface area contributed by atoms with Gasteiger partial charge in [0.1, 0.15) is 6.04 Å². The highest BCUT2D eigenvalue weighted by atomic mass is 32.1. The summed E-state index contributed by atoms with van der Waals surface area (Å²) in [6, 6.07) is -1.44. The number of rotatable bonds is 3. The van der Waals surface area contributed by atoms with Crippen molar-refractivity contribution in [2.24, 2.45) is 0 Å². The molecule has 10 heteroatoms. The molecule has 1 heterocycles. The van der Waals surface area contributed by atoms with Gasteiger partial charge in [-0.25, -0.2) is 9.59 Å². The molecule has 0 aromatic rings. The number of piperidine rings is 1. The number of thiol groups is 1. The minimum Gasteiger partial charge on any atom is -0.385 e. The second kappa shape index (κ2) is 6.86. The molecule has 1 rings (SSSR count). The first-order valence-electron chi connectivity index (χ1n) is 6.46. The number of ether oxygens (including phenoxy) is 1. The van der Waals surface area contributed by atoms with Gasteiger partial charge in [-0.2, -0.15) is 25.8 Å². The second-order valence-electron chi connectivity index (χ2n) is 5.25. The van der Waals surface area contributed by atoms with Crippen molar-refractivity contribution in [2.75, 3.05) is 20.1 Å². The Morgan fingerprint density at radius 2 is 1.77 bits per heavy atom. The van der Waals surface area contributed by atoms with Crippen molar-refractivity contribution < 1.29 is 32.3 Å². The van der Waals surface area contributed by atoms with Crippen molar-refractivity contribution in [1.82, 2.24) is 10.2 Å². The molecule has 0 aromatic carbocycles. The fourth-order valence-corrected chi connectivity index (χ4v) is 2.49. The lowest BCUT2D eigenvalue weighted by Gasteiger charge is -2.41. The molecule has 1 atom stereocenters. The van der Waals surface area contributed by atoms with Crippen LogP contribution in [0.3, 0.4) is 0 Å². The zero-order valence-electron chi connectivity index (χ0n) is 12.1. The summed E-state index contributed by atoms with van der Waals surface area (Å²) < 4.78 is 39.3. The van der Waals surface area contributed by atoms with E-state index in [0.29, 0.717) is 25.9 Å². The van der Waals surface area contributed by atoms with Gasteiger partial charge in [-0.3, -0.25) is 4.79 Å². The molecule has 1 saturated heterocycles. The van der Waals surface area contributed by atoms with Crippen LogP contribution in [0.4, 0.5) is 13.2 Å². The third kappa shape index (κ3) is 4.87.